The van der Waals surface area contributed by atoms with Gasteiger partial charge < -0.3 is 0 Å². The van der Waals surface area contributed by atoms with Gasteiger partial charge in [-0.1, -0.05) is 95.0 Å². The van der Waals surface area contributed by atoms with E-state index in [0.717, 1.165) is 20.0 Å². The highest BCUT2D eigenvalue weighted by molar-refractivity contribution is 8.03. The van der Waals surface area contributed by atoms with Gasteiger partial charge in [0.1, 0.15) is 0 Å². The average Bonchev–Trinajstić information content (AvgIpc) is 3.15. The molecule has 0 aliphatic rings. The summed E-state index contributed by atoms with van der Waals surface area (Å²) in [5.41, 5.74) is 5.91. The molecule has 2 aromatic carbocycles. The number of thioether (sulfide) groups is 2. The van der Waals surface area contributed by atoms with Gasteiger partial charge in [0.05, 0.1) is 12.0 Å². The Morgan fingerprint density at radius 2 is 1.78 bits per heavy atom. The third-order valence-electron chi connectivity index (χ3n) is 3.40. The summed E-state index contributed by atoms with van der Waals surface area (Å²) in [7, 11) is 0. The fraction of sp³-hybridized carbons (Fsp3) is 0.158. The zero-order valence-electron chi connectivity index (χ0n) is 14.7. The number of rotatable bonds is 8. The van der Waals surface area contributed by atoms with Gasteiger partial charge in [0.2, 0.25) is 0 Å². The second-order valence-corrected chi connectivity index (χ2v) is 9.02. The number of benzene rings is 2. The molecule has 27 heavy (non-hydrogen) atoms. The Kier molecular flexibility index (Phi) is 7.44. The zero-order valence-corrected chi connectivity index (χ0v) is 17.1. The highest BCUT2D eigenvalue weighted by atomic mass is 32.2. The Morgan fingerprint density at radius 3 is 2.52 bits per heavy atom. The lowest BCUT2D eigenvalue weighted by molar-refractivity contribution is -0.118. The molecule has 1 aromatic heterocycles. The van der Waals surface area contributed by atoms with E-state index < -0.39 is 0 Å². The first-order chi connectivity index (χ1) is 13.2. The Hall–Kier alpha value is -2.16. The number of nitrogens with one attached hydrogen (secondary N) is 1. The summed E-state index contributed by atoms with van der Waals surface area (Å²) in [6, 6.07) is 18.1. The number of carbonyl (C=O) groups excluding carboxylic acids is 1. The quantitative estimate of drug-likeness (QED) is 0.337. The SMILES string of the molecule is Cc1ccc(/C=N\NC(=O)CSc2nnc(SCc3ccccc3)s2)cc1. The third kappa shape index (κ3) is 6.82. The van der Waals surface area contributed by atoms with E-state index in [1.54, 1.807) is 18.0 Å². The van der Waals surface area contributed by atoms with Gasteiger partial charge in [0.25, 0.3) is 5.91 Å². The fourth-order valence-corrected chi connectivity index (χ4v) is 4.79. The van der Waals surface area contributed by atoms with Crippen molar-refractivity contribution in [1.82, 2.24) is 15.6 Å². The Morgan fingerprint density at radius 1 is 1.07 bits per heavy atom. The molecule has 0 fully saturated rings. The summed E-state index contributed by atoms with van der Waals surface area (Å²) in [5, 5.41) is 12.3. The minimum absolute atomic E-state index is 0.169. The number of carbonyl (C=O) groups is 1. The number of hydrazone groups is 1. The third-order valence-corrected chi connectivity index (χ3v) is 6.66. The fourth-order valence-electron chi connectivity index (χ4n) is 2.02. The zero-order chi connectivity index (χ0) is 18.9. The molecular formula is C19H18N4OS3. The van der Waals surface area contributed by atoms with E-state index >= 15 is 0 Å². The van der Waals surface area contributed by atoms with Crippen LogP contribution in [0.15, 0.2) is 68.4 Å². The molecule has 0 aliphatic heterocycles. The Balaban J connectivity index is 1.40. The first-order valence-electron chi connectivity index (χ1n) is 8.20. The Labute approximate surface area is 170 Å². The molecule has 1 amide bonds. The lowest BCUT2D eigenvalue weighted by atomic mass is 10.2. The molecule has 0 radical (unpaired) electrons. The monoisotopic (exact) mass is 414 g/mol. The van der Waals surface area contributed by atoms with Crippen molar-refractivity contribution in [3.63, 3.8) is 0 Å². The number of aryl methyl sites for hydroxylation is 1. The molecule has 0 aliphatic carbocycles. The molecule has 1 heterocycles. The van der Waals surface area contributed by atoms with Gasteiger partial charge in [-0.2, -0.15) is 5.10 Å². The van der Waals surface area contributed by atoms with Crippen LogP contribution in [-0.2, 0) is 10.5 Å². The molecule has 0 unspecified atom stereocenters. The minimum atomic E-state index is -0.169. The maximum Gasteiger partial charge on any atom is 0.250 e. The molecule has 8 heteroatoms. The molecule has 0 bridgehead atoms. The van der Waals surface area contributed by atoms with Crippen molar-refractivity contribution in [2.45, 2.75) is 21.4 Å². The summed E-state index contributed by atoms with van der Waals surface area (Å²) in [6.45, 7) is 2.03. The first-order valence-corrected chi connectivity index (χ1v) is 11.0. The molecule has 3 aromatic rings. The molecule has 0 spiro atoms. The average molecular weight is 415 g/mol. The second kappa shape index (κ2) is 10.2. The largest absolute Gasteiger partial charge is 0.272 e. The van der Waals surface area contributed by atoms with Crippen molar-refractivity contribution >= 4 is 47.0 Å². The van der Waals surface area contributed by atoms with Crippen LogP contribution in [0.25, 0.3) is 0 Å². The van der Waals surface area contributed by atoms with Crippen LogP contribution < -0.4 is 5.43 Å². The summed E-state index contributed by atoms with van der Waals surface area (Å²) < 4.78 is 1.68. The van der Waals surface area contributed by atoms with Crippen molar-refractivity contribution in [3.8, 4) is 0 Å². The van der Waals surface area contributed by atoms with Gasteiger partial charge in [0, 0.05) is 5.75 Å². The molecule has 3 rings (SSSR count). The highest BCUT2D eigenvalue weighted by Gasteiger charge is 2.08. The number of amides is 1. The van der Waals surface area contributed by atoms with Crippen molar-refractivity contribution in [1.29, 1.82) is 0 Å². The lowest BCUT2D eigenvalue weighted by Gasteiger charge is -1.98. The maximum atomic E-state index is 11.9. The number of hydrogen-bond acceptors (Lipinski definition) is 7. The van der Waals surface area contributed by atoms with Crippen LogP contribution >= 0.6 is 34.9 Å². The van der Waals surface area contributed by atoms with Gasteiger partial charge in [-0.25, -0.2) is 5.43 Å². The minimum Gasteiger partial charge on any atom is -0.272 e. The van der Waals surface area contributed by atoms with Crippen LogP contribution in [0.5, 0.6) is 0 Å². The van der Waals surface area contributed by atoms with Crippen LogP contribution in [-0.4, -0.2) is 28.1 Å². The van der Waals surface area contributed by atoms with Crippen LogP contribution in [0.3, 0.4) is 0 Å². The molecule has 0 atom stereocenters. The Bertz CT molecular complexity index is 895. The van der Waals surface area contributed by atoms with Crippen LogP contribution in [0.4, 0.5) is 0 Å². The summed E-state index contributed by atoms with van der Waals surface area (Å²) in [4.78, 5) is 11.9. The number of aromatic nitrogens is 2. The molecule has 138 valence electrons. The maximum absolute atomic E-state index is 11.9. The van der Waals surface area contributed by atoms with Crippen LogP contribution in [0, 0.1) is 6.92 Å². The van der Waals surface area contributed by atoms with Crippen molar-refractivity contribution in [2.75, 3.05) is 5.75 Å². The van der Waals surface area contributed by atoms with E-state index in [1.807, 2.05) is 49.4 Å². The predicted molar refractivity (Wildman–Crippen MR) is 114 cm³/mol. The van der Waals surface area contributed by atoms with Gasteiger partial charge in [-0.3, -0.25) is 4.79 Å². The van der Waals surface area contributed by atoms with E-state index in [4.69, 9.17) is 0 Å². The van der Waals surface area contributed by atoms with Crippen molar-refractivity contribution in [3.05, 3.63) is 71.3 Å². The number of hydrogen-bond donors (Lipinski definition) is 1. The van der Waals surface area contributed by atoms with Gasteiger partial charge in [0.15, 0.2) is 8.68 Å². The molecule has 5 nitrogen and oxygen atoms in total. The van der Waals surface area contributed by atoms with E-state index in [1.165, 1.54) is 34.2 Å². The van der Waals surface area contributed by atoms with E-state index in [9.17, 15) is 4.79 Å². The standard InChI is InChI=1S/C19H18N4OS3/c1-14-7-9-15(10-8-14)11-20-21-17(24)13-26-19-23-22-18(27-19)25-12-16-5-3-2-4-6-16/h2-11H,12-13H2,1H3,(H,21,24)/b20-11-. The topological polar surface area (TPSA) is 67.2 Å². The smallest absolute Gasteiger partial charge is 0.250 e. The molecular weight excluding hydrogens is 396 g/mol. The predicted octanol–water partition coefficient (Wildman–Crippen LogP) is 4.38. The molecule has 0 saturated heterocycles. The summed E-state index contributed by atoms with van der Waals surface area (Å²) in [6.07, 6.45) is 1.63. The van der Waals surface area contributed by atoms with Crippen LogP contribution in [0.2, 0.25) is 0 Å². The van der Waals surface area contributed by atoms with Gasteiger partial charge in [-0.15, -0.1) is 10.2 Å². The first kappa shape index (κ1) is 19.6. The normalized spacial score (nSPS) is 11.0. The van der Waals surface area contributed by atoms with Crippen molar-refractivity contribution in [2.24, 2.45) is 5.10 Å². The highest BCUT2D eigenvalue weighted by Crippen LogP contribution is 2.30. The van der Waals surface area contributed by atoms with E-state index in [-0.39, 0.29) is 11.7 Å². The van der Waals surface area contributed by atoms with Crippen LogP contribution in [0.1, 0.15) is 16.7 Å². The van der Waals surface area contributed by atoms with Gasteiger partial charge in [-0.05, 0) is 18.1 Å². The van der Waals surface area contributed by atoms with Gasteiger partial charge >= 0.3 is 0 Å². The lowest BCUT2D eigenvalue weighted by Crippen LogP contribution is -2.19. The van der Waals surface area contributed by atoms with E-state index in [0.29, 0.717) is 0 Å². The number of nitrogens with zero attached hydrogens (tertiary/aromatic N) is 3. The van der Waals surface area contributed by atoms with E-state index in [2.05, 4.69) is 32.9 Å². The molecule has 1 N–H and O–H groups in total. The summed E-state index contributed by atoms with van der Waals surface area (Å²) >= 11 is 4.51. The van der Waals surface area contributed by atoms with Crippen molar-refractivity contribution < 1.29 is 4.79 Å². The summed E-state index contributed by atoms with van der Waals surface area (Å²) in [5.74, 6) is 0.939. The second-order valence-electron chi connectivity index (χ2n) is 5.60. The molecule has 0 saturated carbocycles.